The predicted molar refractivity (Wildman–Crippen MR) is 48.8 cm³/mol. The van der Waals surface area contributed by atoms with Crippen LogP contribution < -0.4 is 0 Å². The van der Waals surface area contributed by atoms with Gasteiger partial charge >= 0.3 is 15.6 Å². The highest BCUT2D eigenvalue weighted by atomic mass is 35.5. The summed E-state index contributed by atoms with van der Waals surface area (Å²) in [6.45, 7) is 1.41. The van der Waals surface area contributed by atoms with Crippen molar-refractivity contribution in [3.05, 3.63) is 0 Å². The molecule has 0 aromatic rings. The minimum atomic E-state index is -5.02. The van der Waals surface area contributed by atoms with E-state index >= 15 is 0 Å². The van der Waals surface area contributed by atoms with Crippen molar-refractivity contribution in [2.75, 3.05) is 6.61 Å². The summed E-state index contributed by atoms with van der Waals surface area (Å²) in [6.07, 6.45) is 0.261. The molecule has 0 saturated carbocycles. The number of phosphoric acid groups is 2. The fraction of sp³-hybridized carbons (Fsp3) is 1.00. The lowest BCUT2D eigenvalue weighted by Crippen LogP contribution is -2.00. The largest absolute Gasteiger partial charge is 0.481 e. The van der Waals surface area contributed by atoms with E-state index in [1.54, 1.807) is 6.92 Å². The molecule has 0 spiro atoms. The van der Waals surface area contributed by atoms with Crippen LogP contribution in [0.2, 0.25) is 0 Å². The second-order valence-corrected chi connectivity index (χ2v) is 6.02. The lowest BCUT2D eigenvalue weighted by Gasteiger charge is -2.12. The van der Waals surface area contributed by atoms with Crippen LogP contribution in [-0.2, 0) is 18.0 Å². The van der Waals surface area contributed by atoms with E-state index < -0.39 is 15.6 Å². The van der Waals surface area contributed by atoms with E-state index in [1.807, 2.05) is 0 Å². The van der Waals surface area contributed by atoms with E-state index in [2.05, 4.69) is 8.83 Å². The van der Waals surface area contributed by atoms with Gasteiger partial charge in [-0.25, -0.2) is 9.13 Å². The third kappa shape index (κ3) is 9.12. The Bertz CT molecular complexity index is 260. The van der Waals surface area contributed by atoms with E-state index in [0.29, 0.717) is 0 Å². The third-order valence-corrected chi connectivity index (χ3v) is 3.38. The Morgan fingerprint density at radius 1 is 1.36 bits per heavy atom. The Labute approximate surface area is 85.8 Å². The van der Waals surface area contributed by atoms with Crippen molar-refractivity contribution in [2.45, 2.75) is 18.7 Å². The van der Waals surface area contributed by atoms with Crippen LogP contribution in [0.3, 0.4) is 0 Å². The zero-order valence-electron chi connectivity index (χ0n) is 7.24. The Morgan fingerprint density at radius 2 is 1.86 bits per heavy atom. The van der Waals surface area contributed by atoms with E-state index in [-0.39, 0.29) is 18.4 Å². The van der Waals surface area contributed by atoms with Gasteiger partial charge in [-0.3, -0.25) is 4.52 Å². The number of halogens is 1. The second-order valence-electron chi connectivity index (χ2n) is 2.44. The average molecular weight is 269 g/mol. The van der Waals surface area contributed by atoms with E-state index in [1.165, 1.54) is 0 Å². The summed E-state index contributed by atoms with van der Waals surface area (Å²) in [5.74, 6) is 0. The standard InChI is InChI=1S/C4H11ClO7P2/c1-4(5)2-3-11-14(9,10)12-13(6,7)8/h4H,2-3H2,1H3,(H,9,10)(H2,6,7,8). The summed E-state index contributed by atoms with van der Waals surface area (Å²) in [7, 11) is -9.71. The van der Waals surface area contributed by atoms with Gasteiger partial charge in [-0.1, -0.05) is 0 Å². The third-order valence-electron chi connectivity index (χ3n) is 0.980. The number of alkyl halides is 1. The van der Waals surface area contributed by atoms with Crippen molar-refractivity contribution >= 4 is 27.2 Å². The molecule has 0 heterocycles. The van der Waals surface area contributed by atoms with Gasteiger partial charge in [0, 0.05) is 5.38 Å². The minimum Gasteiger partial charge on any atom is -0.302 e. The Hall–Kier alpha value is 0.550. The molecule has 0 aliphatic rings. The molecule has 7 nitrogen and oxygen atoms in total. The van der Waals surface area contributed by atoms with Crippen molar-refractivity contribution < 1.29 is 32.6 Å². The van der Waals surface area contributed by atoms with Gasteiger partial charge in [0.15, 0.2) is 0 Å². The first-order chi connectivity index (χ1) is 6.12. The maximum absolute atomic E-state index is 10.8. The van der Waals surface area contributed by atoms with E-state index in [0.717, 1.165) is 0 Å². The molecular formula is C4H11ClO7P2. The topological polar surface area (TPSA) is 113 Å². The molecule has 0 aliphatic heterocycles. The molecule has 2 unspecified atom stereocenters. The number of rotatable bonds is 6. The maximum atomic E-state index is 10.8. The van der Waals surface area contributed by atoms with E-state index in [9.17, 15) is 9.13 Å². The first kappa shape index (κ1) is 14.6. The normalized spacial score (nSPS) is 18.9. The van der Waals surface area contributed by atoms with Crippen molar-refractivity contribution in [3.8, 4) is 0 Å². The van der Waals surface area contributed by atoms with Crippen molar-refractivity contribution in [1.29, 1.82) is 0 Å². The molecule has 0 rings (SSSR count). The first-order valence-corrected chi connectivity index (χ1v) is 6.97. The van der Waals surface area contributed by atoms with Gasteiger partial charge in [0.2, 0.25) is 0 Å². The zero-order valence-corrected chi connectivity index (χ0v) is 9.78. The molecule has 0 amide bonds. The molecule has 2 atom stereocenters. The average Bonchev–Trinajstić information content (AvgIpc) is 1.78. The zero-order chi connectivity index (χ0) is 11.4. The van der Waals surface area contributed by atoms with Crippen molar-refractivity contribution in [2.24, 2.45) is 0 Å². The molecule has 14 heavy (non-hydrogen) atoms. The highest BCUT2D eigenvalue weighted by Gasteiger charge is 2.32. The molecule has 10 heteroatoms. The molecule has 0 fully saturated rings. The Morgan fingerprint density at radius 3 is 2.21 bits per heavy atom. The highest BCUT2D eigenvalue weighted by molar-refractivity contribution is 7.60. The van der Waals surface area contributed by atoms with Gasteiger partial charge < -0.3 is 14.7 Å². The molecule has 0 aromatic heterocycles. The smallest absolute Gasteiger partial charge is 0.302 e. The predicted octanol–water partition coefficient (Wildman–Crippen LogP) is 1.23. The van der Waals surface area contributed by atoms with Gasteiger partial charge in [0.1, 0.15) is 0 Å². The molecule has 0 bridgehead atoms. The van der Waals surface area contributed by atoms with Crippen LogP contribution in [0.1, 0.15) is 13.3 Å². The number of phosphoric ester groups is 1. The van der Waals surface area contributed by atoms with E-state index in [4.69, 9.17) is 26.3 Å². The van der Waals surface area contributed by atoms with Crippen LogP contribution in [0.4, 0.5) is 0 Å². The van der Waals surface area contributed by atoms with Crippen LogP contribution in [0.5, 0.6) is 0 Å². The van der Waals surface area contributed by atoms with Gasteiger partial charge in [-0.2, -0.15) is 4.31 Å². The van der Waals surface area contributed by atoms with Crippen LogP contribution in [0, 0.1) is 0 Å². The Balaban J connectivity index is 3.97. The van der Waals surface area contributed by atoms with Gasteiger partial charge in [-0.05, 0) is 13.3 Å². The molecular weight excluding hydrogens is 257 g/mol. The van der Waals surface area contributed by atoms with Gasteiger partial charge in [0.05, 0.1) is 6.61 Å². The fourth-order valence-electron chi connectivity index (χ4n) is 0.488. The fourth-order valence-corrected chi connectivity index (χ4v) is 2.18. The van der Waals surface area contributed by atoms with Crippen LogP contribution in [0.15, 0.2) is 0 Å². The summed E-state index contributed by atoms with van der Waals surface area (Å²) in [4.78, 5) is 25.2. The minimum absolute atomic E-state index is 0.224. The maximum Gasteiger partial charge on any atom is 0.481 e. The first-order valence-electron chi connectivity index (χ1n) is 3.51. The van der Waals surface area contributed by atoms with Crippen LogP contribution in [0.25, 0.3) is 0 Å². The molecule has 0 aliphatic carbocycles. The highest BCUT2D eigenvalue weighted by Crippen LogP contribution is 2.57. The summed E-state index contributed by atoms with van der Waals surface area (Å²) in [5, 5.41) is -0.273. The van der Waals surface area contributed by atoms with Crippen LogP contribution >= 0.6 is 27.2 Å². The summed E-state index contributed by atoms with van der Waals surface area (Å²) in [6, 6.07) is 0. The monoisotopic (exact) mass is 268 g/mol. The summed E-state index contributed by atoms with van der Waals surface area (Å²) >= 11 is 5.49. The van der Waals surface area contributed by atoms with Crippen LogP contribution in [-0.4, -0.2) is 26.7 Å². The second kappa shape index (κ2) is 5.58. The van der Waals surface area contributed by atoms with Gasteiger partial charge in [0.25, 0.3) is 0 Å². The molecule has 0 aromatic carbocycles. The molecule has 86 valence electrons. The molecule has 3 N–H and O–H groups in total. The van der Waals surface area contributed by atoms with Crippen molar-refractivity contribution in [3.63, 3.8) is 0 Å². The lowest BCUT2D eigenvalue weighted by atomic mass is 10.4. The number of hydrogen-bond acceptors (Lipinski definition) is 4. The quantitative estimate of drug-likeness (QED) is 0.490. The van der Waals surface area contributed by atoms with Crippen molar-refractivity contribution in [1.82, 2.24) is 0 Å². The summed E-state index contributed by atoms with van der Waals surface area (Å²) in [5.41, 5.74) is 0. The number of hydrogen-bond donors (Lipinski definition) is 3. The Kier molecular flexibility index (Phi) is 5.80. The SMILES string of the molecule is CC(Cl)CCOP(=O)(O)OP(=O)(O)O. The molecule has 0 radical (unpaired) electrons. The lowest BCUT2D eigenvalue weighted by molar-refractivity contribution is 0.177. The summed E-state index contributed by atoms with van der Waals surface area (Å²) < 4.78 is 28.7. The molecule has 0 saturated heterocycles. The van der Waals surface area contributed by atoms with Gasteiger partial charge in [-0.15, -0.1) is 11.6 Å².